The molecule has 308 valence electrons. The smallest absolute Gasteiger partial charge is 0.336 e. The first-order valence-electron chi connectivity index (χ1n) is 20.2. The molecule has 0 amide bonds. The predicted molar refractivity (Wildman–Crippen MR) is 235 cm³/mol. The summed E-state index contributed by atoms with van der Waals surface area (Å²) in [6, 6.07) is 17.2. The number of ether oxygens (including phenoxy) is 4. The summed E-state index contributed by atoms with van der Waals surface area (Å²) in [4.78, 5) is 23.3. The van der Waals surface area contributed by atoms with Crippen molar-refractivity contribution < 1.29 is 28.2 Å². The summed E-state index contributed by atoms with van der Waals surface area (Å²) in [5.41, 5.74) is 3.57. The quantitative estimate of drug-likeness (QED) is 0.0337. The molecule has 3 rings (SSSR count). The van der Waals surface area contributed by atoms with Crippen LogP contribution in [0, 0.1) is 35.5 Å². The molecule has 0 saturated carbocycles. The number of methoxy groups -OCH3 is 2. The zero-order valence-electron chi connectivity index (χ0n) is 36.2. The summed E-state index contributed by atoms with van der Waals surface area (Å²) in [5.74, 6) is 1.93. The van der Waals surface area contributed by atoms with Crippen molar-refractivity contribution in [3.63, 3.8) is 0 Å². The highest BCUT2D eigenvalue weighted by Crippen LogP contribution is 2.47. The van der Waals surface area contributed by atoms with E-state index in [1.54, 1.807) is 20.3 Å². The van der Waals surface area contributed by atoms with Crippen molar-refractivity contribution in [3.8, 4) is 5.75 Å². The second kappa shape index (κ2) is 21.8. The first-order valence-corrected chi connectivity index (χ1v) is 23.1. The van der Waals surface area contributed by atoms with E-state index >= 15 is 0 Å². The number of benzene rings is 2. The molecule has 8 atom stereocenters. The minimum absolute atomic E-state index is 0.0543. The number of allylic oxidation sites excluding steroid dienone is 3. The Hall–Kier alpha value is -3.53. The van der Waals surface area contributed by atoms with Crippen molar-refractivity contribution in [2.45, 2.75) is 105 Å². The molecule has 0 spiro atoms. The molecular formula is C48H70O7Si. The molecule has 1 heterocycles. The zero-order chi connectivity index (χ0) is 41.6. The maximum atomic E-state index is 11.8. The van der Waals surface area contributed by atoms with Gasteiger partial charge in [0.05, 0.1) is 25.9 Å². The van der Waals surface area contributed by atoms with Gasteiger partial charge in [-0.05, 0) is 91.0 Å². The van der Waals surface area contributed by atoms with Crippen LogP contribution in [0.15, 0.2) is 106 Å². The van der Waals surface area contributed by atoms with Gasteiger partial charge in [-0.15, -0.1) is 0 Å². The Kier molecular flexibility index (Phi) is 18.3. The van der Waals surface area contributed by atoms with Crippen LogP contribution in [0.4, 0.5) is 0 Å². The summed E-state index contributed by atoms with van der Waals surface area (Å²) in [6.07, 6.45) is 14.2. The lowest BCUT2D eigenvalue weighted by Gasteiger charge is -2.44. The van der Waals surface area contributed by atoms with E-state index in [1.807, 2.05) is 42.5 Å². The summed E-state index contributed by atoms with van der Waals surface area (Å²) in [5, 5.41) is 0.681. The molecule has 0 radical (unpaired) electrons. The monoisotopic (exact) mass is 786 g/mol. The SMILES string of the molecule is C=C/C=C\C(C)[C@H](OCc1ccc(OC)cc1)[C@@H](C)[C@H](CC(C)(C)[Si](C)(C)O)[C@@H](C)C/C(C)=C\[C@H](C)[C@@H](OCOC)C(C)/C=C\c1ccc2ccc(=O)oc2c1. The molecule has 0 fully saturated rings. The number of hydrogen-bond donors (Lipinski definition) is 1. The molecule has 0 aliphatic carbocycles. The molecule has 0 bridgehead atoms. The van der Waals surface area contributed by atoms with Gasteiger partial charge in [-0.3, -0.25) is 0 Å². The maximum absolute atomic E-state index is 11.8. The van der Waals surface area contributed by atoms with Gasteiger partial charge in [-0.1, -0.05) is 121 Å². The second-order valence-electron chi connectivity index (χ2n) is 17.1. The average Bonchev–Trinajstić information content (AvgIpc) is 3.14. The van der Waals surface area contributed by atoms with E-state index < -0.39 is 8.32 Å². The van der Waals surface area contributed by atoms with Crippen LogP contribution in [0.25, 0.3) is 17.0 Å². The fourth-order valence-corrected chi connectivity index (χ4v) is 8.54. The van der Waals surface area contributed by atoms with Crippen molar-refractivity contribution >= 4 is 25.4 Å². The Morgan fingerprint density at radius 3 is 2.20 bits per heavy atom. The summed E-state index contributed by atoms with van der Waals surface area (Å²) in [6.45, 7) is 26.8. The van der Waals surface area contributed by atoms with Crippen molar-refractivity contribution in [2.75, 3.05) is 21.0 Å². The molecule has 0 saturated heterocycles. The lowest BCUT2D eigenvalue weighted by molar-refractivity contribution is -0.0947. The molecule has 3 aromatic rings. The predicted octanol–water partition coefficient (Wildman–Crippen LogP) is 11.6. The third kappa shape index (κ3) is 13.8. The van der Waals surface area contributed by atoms with Gasteiger partial charge in [0, 0.05) is 36.3 Å². The third-order valence-corrected chi connectivity index (χ3v) is 15.4. The van der Waals surface area contributed by atoms with Crippen LogP contribution in [0.1, 0.15) is 79.4 Å². The molecule has 1 N–H and O–H groups in total. The summed E-state index contributed by atoms with van der Waals surface area (Å²) in [7, 11) is 0.820. The van der Waals surface area contributed by atoms with Gasteiger partial charge in [-0.25, -0.2) is 4.79 Å². The Balaban J connectivity index is 1.89. The van der Waals surface area contributed by atoms with E-state index in [9.17, 15) is 9.59 Å². The van der Waals surface area contributed by atoms with Gasteiger partial charge in [0.2, 0.25) is 0 Å². The van der Waals surface area contributed by atoms with E-state index in [4.69, 9.17) is 23.4 Å². The molecule has 0 aliphatic rings. The maximum Gasteiger partial charge on any atom is 0.336 e. The first kappa shape index (κ1) is 46.8. The normalized spacial score (nSPS) is 17.4. The molecule has 0 aliphatic heterocycles. The molecular weight excluding hydrogens is 717 g/mol. The standard InChI is InChI=1S/C48H70O7Si/c1-14-15-16-34(3)47(53-31-40-20-24-42(52-11)25-21-40)38(7)43(30-48(8,9)56(12,13)50)36(5)27-33(2)28-37(6)46(54-32-51-10)35(4)17-18-39-19-22-41-23-26-45(49)55-44(41)29-39/h14-26,28-29,34-38,43,46-47,50H,1,27,30-32H2,2-13H3/b16-15-,18-17-,33-28-/t34?,35?,36-,37-,38-,43+,46-,47-/m0/s1. The van der Waals surface area contributed by atoms with E-state index in [1.165, 1.54) is 11.6 Å². The van der Waals surface area contributed by atoms with Crippen molar-refractivity contribution in [2.24, 2.45) is 35.5 Å². The largest absolute Gasteiger partial charge is 0.497 e. The molecule has 8 heteroatoms. The Labute approximate surface area is 338 Å². The van der Waals surface area contributed by atoms with Crippen LogP contribution in [0.5, 0.6) is 5.75 Å². The van der Waals surface area contributed by atoms with Gasteiger partial charge >= 0.3 is 5.63 Å². The Morgan fingerprint density at radius 2 is 1.57 bits per heavy atom. The zero-order valence-corrected chi connectivity index (χ0v) is 37.2. The minimum Gasteiger partial charge on any atom is -0.497 e. The number of hydrogen-bond acceptors (Lipinski definition) is 7. The molecule has 2 aromatic carbocycles. The van der Waals surface area contributed by atoms with Gasteiger partial charge in [0.25, 0.3) is 0 Å². The lowest BCUT2D eigenvalue weighted by Crippen LogP contribution is -2.44. The van der Waals surface area contributed by atoms with Gasteiger partial charge < -0.3 is 28.2 Å². The second-order valence-corrected chi connectivity index (χ2v) is 21.6. The summed E-state index contributed by atoms with van der Waals surface area (Å²) < 4.78 is 29.3. The van der Waals surface area contributed by atoms with E-state index in [0.717, 1.165) is 35.1 Å². The first-order chi connectivity index (χ1) is 26.4. The number of rotatable bonds is 23. The van der Waals surface area contributed by atoms with Crippen LogP contribution in [0.2, 0.25) is 18.1 Å². The fourth-order valence-electron chi connectivity index (χ4n) is 7.80. The highest BCUT2D eigenvalue weighted by molar-refractivity contribution is 6.72. The van der Waals surface area contributed by atoms with E-state index in [-0.39, 0.29) is 59.3 Å². The molecule has 56 heavy (non-hydrogen) atoms. The van der Waals surface area contributed by atoms with Gasteiger partial charge in [0.1, 0.15) is 18.1 Å². The topological polar surface area (TPSA) is 87.4 Å². The van der Waals surface area contributed by atoms with Crippen molar-refractivity contribution in [1.82, 2.24) is 0 Å². The minimum atomic E-state index is -2.51. The van der Waals surface area contributed by atoms with E-state index in [2.05, 4.69) is 111 Å². The highest BCUT2D eigenvalue weighted by Gasteiger charge is 2.43. The molecule has 1 aromatic heterocycles. The third-order valence-electron chi connectivity index (χ3n) is 11.8. The van der Waals surface area contributed by atoms with Crippen molar-refractivity contribution in [1.29, 1.82) is 0 Å². The highest BCUT2D eigenvalue weighted by atomic mass is 28.4. The van der Waals surface area contributed by atoms with Gasteiger partial charge in [-0.2, -0.15) is 0 Å². The van der Waals surface area contributed by atoms with Crippen LogP contribution in [0.3, 0.4) is 0 Å². The number of fused-ring (bicyclic) bond motifs is 1. The Bertz CT molecular complexity index is 1800. The Morgan fingerprint density at radius 1 is 0.911 bits per heavy atom. The van der Waals surface area contributed by atoms with Gasteiger partial charge in [0.15, 0.2) is 8.32 Å². The average molecular weight is 787 g/mol. The summed E-state index contributed by atoms with van der Waals surface area (Å²) >= 11 is 0. The van der Waals surface area contributed by atoms with Crippen molar-refractivity contribution in [3.05, 3.63) is 119 Å². The fraction of sp³-hybridized carbons (Fsp3) is 0.521. The van der Waals surface area contributed by atoms with Crippen LogP contribution in [-0.2, 0) is 20.8 Å². The van der Waals surface area contributed by atoms with E-state index in [0.29, 0.717) is 18.1 Å². The van der Waals surface area contributed by atoms with Crippen LogP contribution in [-0.4, -0.2) is 46.3 Å². The van der Waals surface area contributed by atoms with Crippen LogP contribution >= 0.6 is 0 Å². The molecule has 2 unspecified atom stereocenters. The molecule has 7 nitrogen and oxygen atoms in total. The van der Waals surface area contributed by atoms with Crippen LogP contribution < -0.4 is 10.4 Å². The lowest BCUT2D eigenvalue weighted by atomic mass is 9.71.